The lowest BCUT2D eigenvalue weighted by Gasteiger charge is -2.10. The summed E-state index contributed by atoms with van der Waals surface area (Å²) in [7, 11) is 2.05. The van der Waals surface area contributed by atoms with Crippen LogP contribution in [-0.2, 0) is 7.05 Å². The maximum absolute atomic E-state index is 4.84. The summed E-state index contributed by atoms with van der Waals surface area (Å²) in [6, 6.07) is 25.2. The Bertz CT molecular complexity index is 936. The molecule has 106 valence electrons. The smallest absolute Gasteiger partial charge is 0.0880 e. The standard InChI is InChI=1S/C20H16N2/c1-22-13-7-12-20(22)19-14-17(15-8-3-2-4-9-15)16-10-5-6-11-18(16)21-19/h2-14H,1H3. The Hall–Kier alpha value is -2.87. The summed E-state index contributed by atoms with van der Waals surface area (Å²) in [5.41, 5.74) is 5.60. The molecule has 0 amide bonds. The molecule has 0 fully saturated rings. The predicted molar refractivity (Wildman–Crippen MR) is 91.6 cm³/mol. The van der Waals surface area contributed by atoms with Crippen LogP contribution in [0.15, 0.2) is 79.0 Å². The lowest BCUT2D eigenvalue weighted by atomic mass is 9.99. The van der Waals surface area contributed by atoms with Crippen molar-refractivity contribution in [2.24, 2.45) is 7.05 Å². The summed E-state index contributed by atoms with van der Waals surface area (Å²) < 4.78 is 2.10. The van der Waals surface area contributed by atoms with Crippen molar-refractivity contribution in [3.8, 4) is 22.5 Å². The number of rotatable bonds is 2. The molecule has 0 atom stereocenters. The van der Waals surface area contributed by atoms with Crippen LogP contribution in [0.4, 0.5) is 0 Å². The highest BCUT2D eigenvalue weighted by Gasteiger charge is 2.10. The van der Waals surface area contributed by atoms with E-state index in [4.69, 9.17) is 4.98 Å². The lowest BCUT2D eigenvalue weighted by molar-refractivity contribution is 0.932. The molecular formula is C20H16N2. The third-order valence-corrected chi connectivity index (χ3v) is 4.01. The molecule has 0 saturated carbocycles. The number of hydrogen-bond donors (Lipinski definition) is 0. The molecule has 4 rings (SSSR count). The molecule has 2 heterocycles. The second-order valence-electron chi connectivity index (χ2n) is 5.44. The summed E-state index contributed by atoms with van der Waals surface area (Å²) >= 11 is 0. The number of nitrogens with zero attached hydrogens (tertiary/aromatic N) is 2. The summed E-state index contributed by atoms with van der Waals surface area (Å²) in [6.07, 6.45) is 2.05. The molecule has 2 aromatic carbocycles. The van der Waals surface area contributed by atoms with Gasteiger partial charge in [0.05, 0.1) is 16.9 Å². The van der Waals surface area contributed by atoms with Crippen molar-refractivity contribution in [1.29, 1.82) is 0 Å². The first-order valence-corrected chi connectivity index (χ1v) is 7.40. The molecular weight excluding hydrogens is 268 g/mol. The van der Waals surface area contributed by atoms with Gasteiger partial charge in [-0.05, 0) is 35.4 Å². The Labute approximate surface area is 129 Å². The molecule has 0 aliphatic rings. The summed E-state index contributed by atoms with van der Waals surface area (Å²) in [6.45, 7) is 0. The zero-order chi connectivity index (χ0) is 14.9. The minimum atomic E-state index is 1.00. The normalized spacial score (nSPS) is 11.0. The Kier molecular flexibility index (Phi) is 3.01. The summed E-state index contributed by atoms with van der Waals surface area (Å²) in [4.78, 5) is 4.84. The first-order valence-electron chi connectivity index (χ1n) is 7.40. The summed E-state index contributed by atoms with van der Waals surface area (Å²) in [5.74, 6) is 0. The quantitative estimate of drug-likeness (QED) is 0.511. The fourth-order valence-electron chi connectivity index (χ4n) is 2.89. The van der Waals surface area contributed by atoms with Crippen LogP contribution in [-0.4, -0.2) is 9.55 Å². The number of pyridine rings is 1. The highest BCUT2D eigenvalue weighted by atomic mass is 14.9. The van der Waals surface area contributed by atoms with Crippen LogP contribution in [0.2, 0.25) is 0 Å². The van der Waals surface area contributed by atoms with Crippen molar-refractivity contribution >= 4 is 10.9 Å². The number of benzene rings is 2. The molecule has 0 saturated heterocycles. The monoisotopic (exact) mass is 284 g/mol. The van der Waals surface area contributed by atoms with Crippen molar-refractivity contribution in [3.63, 3.8) is 0 Å². The van der Waals surface area contributed by atoms with Gasteiger partial charge in [0.25, 0.3) is 0 Å². The molecule has 0 unspecified atom stereocenters. The van der Waals surface area contributed by atoms with E-state index in [1.165, 1.54) is 16.5 Å². The van der Waals surface area contributed by atoms with Crippen LogP contribution in [0.3, 0.4) is 0 Å². The van der Waals surface area contributed by atoms with Crippen LogP contribution < -0.4 is 0 Å². The van der Waals surface area contributed by atoms with Gasteiger partial charge < -0.3 is 4.57 Å². The van der Waals surface area contributed by atoms with Crippen molar-refractivity contribution in [1.82, 2.24) is 9.55 Å². The molecule has 4 aromatic rings. The van der Waals surface area contributed by atoms with E-state index in [0.29, 0.717) is 0 Å². The highest BCUT2D eigenvalue weighted by molar-refractivity contribution is 5.96. The number of para-hydroxylation sites is 1. The van der Waals surface area contributed by atoms with Crippen LogP contribution in [0.1, 0.15) is 0 Å². The first-order chi connectivity index (χ1) is 10.8. The van der Waals surface area contributed by atoms with Gasteiger partial charge >= 0.3 is 0 Å². The van der Waals surface area contributed by atoms with Gasteiger partial charge in [-0.25, -0.2) is 4.98 Å². The Balaban J connectivity index is 2.04. The minimum absolute atomic E-state index is 1.00. The molecule has 0 aliphatic heterocycles. The van der Waals surface area contributed by atoms with E-state index in [-0.39, 0.29) is 0 Å². The third-order valence-electron chi connectivity index (χ3n) is 4.01. The predicted octanol–water partition coefficient (Wildman–Crippen LogP) is 4.91. The first kappa shape index (κ1) is 12.8. The fraction of sp³-hybridized carbons (Fsp3) is 0.0500. The van der Waals surface area contributed by atoms with E-state index in [1.807, 2.05) is 31.4 Å². The van der Waals surface area contributed by atoms with Crippen molar-refractivity contribution in [2.45, 2.75) is 0 Å². The van der Waals surface area contributed by atoms with Gasteiger partial charge in [0, 0.05) is 18.6 Å². The number of fused-ring (bicyclic) bond motifs is 1. The molecule has 22 heavy (non-hydrogen) atoms. The maximum atomic E-state index is 4.84. The van der Waals surface area contributed by atoms with Gasteiger partial charge in [-0.1, -0.05) is 48.5 Å². The minimum Gasteiger partial charge on any atom is -0.349 e. The molecule has 0 bridgehead atoms. The van der Waals surface area contributed by atoms with Gasteiger partial charge in [0.2, 0.25) is 0 Å². The van der Waals surface area contributed by atoms with Gasteiger partial charge in [-0.3, -0.25) is 0 Å². The number of hydrogen-bond acceptors (Lipinski definition) is 1. The van der Waals surface area contributed by atoms with Crippen LogP contribution in [0.5, 0.6) is 0 Å². The van der Waals surface area contributed by atoms with E-state index in [1.54, 1.807) is 0 Å². The second kappa shape index (κ2) is 5.15. The SMILES string of the molecule is Cn1cccc1-c1cc(-c2ccccc2)c2ccccc2n1. The molecule has 0 radical (unpaired) electrons. The lowest BCUT2D eigenvalue weighted by Crippen LogP contribution is -1.94. The van der Waals surface area contributed by atoms with E-state index in [0.717, 1.165) is 16.9 Å². The second-order valence-corrected chi connectivity index (χ2v) is 5.44. The van der Waals surface area contributed by atoms with Crippen LogP contribution >= 0.6 is 0 Å². The zero-order valence-electron chi connectivity index (χ0n) is 12.4. The average Bonchev–Trinajstić information content (AvgIpc) is 3.01. The molecule has 0 spiro atoms. The van der Waals surface area contributed by atoms with Crippen molar-refractivity contribution < 1.29 is 0 Å². The number of aryl methyl sites for hydroxylation is 1. The molecule has 2 aromatic heterocycles. The van der Waals surface area contributed by atoms with Crippen LogP contribution in [0, 0.1) is 0 Å². The van der Waals surface area contributed by atoms with Crippen LogP contribution in [0.25, 0.3) is 33.4 Å². The highest BCUT2D eigenvalue weighted by Crippen LogP contribution is 2.31. The topological polar surface area (TPSA) is 17.8 Å². The number of aromatic nitrogens is 2. The molecule has 2 nitrogen and oxygen atoms in total. The summed E-state index contributed by atoms with van der Waals surface area (Å²) in [5, 5.41) is 1.19. The Morgan fingerprint density at radius 1 is 0.818 bits per heavy atom. The fourth-order valence-corrected chi connectivity index (χ4v) is 2.89. The third kappa shape index (κ3) is 2.09. The Morgan fingerprint density at radius 3 is 2.36 bits per heavy atom. The zero-order valence-corrected chi connectivity index (χ0v) is 12.4. The largest absolute Gasteiger partial charge is 0.349 e. The van der Waals surface area contributed by atoms with Gasteiger partial charge in [0.15, 0.2) is 0 Å². The van der Waals surface area contributed by atoms with Gasteiger partial charge in [-0.2, -0.15) is 0 Å². The van der Waals surface area contributed by atoms with Crippen molar-refractivity contribution in [2.75, 3.05) is 0 Å². The van der Waals surface area contributed by atoms with Gasteiger partial charge in [-0.15, -0.1) is 0 Å². The van der Waals surface area contributed by atoms with E-state index < -0.39 is 0 Å². The van der Waals surface area contributed by atoms with Crippen molar-refractivity contribution in [3.05, 3.63) is 79.0 Å². The Morgan fingerprint density at radius 2 is 1.59 bits per heavy atom. The molecule has 2 heteroatoms. The van der Waals surface area contributed by atoms with E-state index in [9.17, 15) is 0 Å². The van der Waals surface area contributed by atoms with E-state index >= 15 is 0 Å². The van der Waals surface area contributed by atoms with E-state index in [2.05, 4.69) is 59.2 Å². The maximum Gasteiger partial charge on any atom is 0.0880 e. The van der Waals surface area contributed by atoms with Gasteiger partial charge in [0.1, 0.15) is 0 Å². The average molecular weight is 284 g/mol. The molecule has 0 N–H and O–H groups in total. The molecule has 0 aliphatic carbocycles.